The quantitative estimate of drug-likeness (QED) is 0.805. The number of amides is 1. The normalized spacial score (nSPS) is 18.2. The first kappa shape index (κ1) is 13.0. The molecule has 0 aliphatic carbocycles. The lowest BCUT2D eigenvalue weighted by Gasteiger charge is -2.26. The standard InChI is InChI=1S/C16H14ClNO2/c1-18-15(19)10-20-14-8-7-12(17)9-13(14)16(18)11-5-3-2-4-6-11/h2-9,16H,10H2,1H3. The Morgan fingerprint density at radius 3 is 2.70 bits per heavy atom. The fraction of sp³-hybridized carbons (Fsp3) is 0.188. The van der Waals surface area contributed by atoms with E-state index in [9.17, 15) is 4.79 Å². The minimum absolute atomic E-state index is 0.0498. The van der Waals surface area contributed by atoms with Gasteiger partial charge < -0.3 is 9.64 Å². The lowest BCUT2D eigenvalue weighted by molar-refractivity contribution is -0.132. The van der Waals surface area contributed by atoms with Crippen LogP contribution in [0.1, 0.15) is 17.2 Å². The predicted octanol–water partition coefficient (Wildman–Crippen LogP) is 3.28. The molecule has 3 nitrogen and oxygen atoms in total. The molecule has 0 fully saturated rings. The molecule has 1 unspecified atom stereocenters. The van der Waals surface area contributed by atoms with Gasteiger partial charge in [-0.15, -0.1) is 0 Å². The SMILES string of the molecule is CN1C(=O)COc2ccc(Cl)cc2C1c1ccccc1. The maximum Gasteiger partial charge on any atom is 0.261 e. The lowest BCUT2D eigenvalue weighted by Crippen LogP contribution is -2.32. The summed E-state index contributed by atoms with van der Waals surface area (Å²) in [5, 5.41) is 0.635. The summed E-state index contributed by atoms with van der Waals surface area (Å²) >= 11 is 6.11. The van der Waals surface area contributed by atoms with E-state index in [-0.39, 0.29) is 18.6 Å². The molecule has 0 bridgehead atoms. The van der Waals surface area contributed by atoms with Crippen molar-refractivity contribution in [1.82, 2.24) is 4.90 Å². The van der Waals surface area contributed by atoms with Crippen LogP contribution in [-0.4, -0.2) is 24.5 Å². The Morgan fingerprint density at radius 1 is 1.20 bits per heavy atom. The highest BCUT2D eigenvalue weighted by Gasteiger charge is 2.29. The van der Waals surface area contributed by atoms with E-state index < -0.39 is 0 Å². The van der Waals surface area contributed by atoms with Crippen molar-refractivity contribution in [2.24, 2.45) is 0 Å². The zero-order valence-corrected chi connectivity index (χ0v) is 11.8. The lowest BCUT2D eigenvalue weighted by atomic mass is 9.97. The van der Waals surface area contributed by atoms with Crippen molar-refractivity contribution >= 4 is 17.5 Å². The van der Waals surface area contributed by atoms with Gasteiger partial charge in [0.1, 0.15) is 5.75 Å². The second-order valence-electron chi connectivity index (χ2n) is 4.79. The number of ether oxygens (including phenoxy) is 1. The number of carbonyl (C=O) groups is 1. The van der Waals surface area contributed by atoms with Crippen molar-refractivity contribution < 1.29 is 9.53 Å². The molecule has 4 heteroatoms. The number of rotatable bonds is 1. The van der Waals surface area contributed by atoms with Crippen LogP contribution in [0.4, 0.5) is 0 Å². The van der Waals surface area contributed by atoms with Gasteiger partial charge >= 0.3 is 0 Å². The summed E-state index contributed by atoms with van der Waals surface area (Å²) in [6, 6.07) is 15.2. The number of hydrogen-bond acceptors (Lipinski definition) is 2. The average Bonchev–Trinajstić information content (AvgIpc) is 2.58. The van der Waals surface area contributed by atoms with Gasteiger partial charge in [-0.2, -0.15) is 0 Å². The molecule has 0 radical (unpaired) electrons. The van der Waals surface area contributed by atoms with Crippen LogP contribution in [0, 0.1) is 0 Å². The van der Waals surface area contributed by atoms with Crippen LogP contribution in [-0.2, 0) is 4.79 Å². The first-order valence-corrected chi connectivity index (χ1v) is 6.77. The van der Waals surface area contributed by atoms with Gasteiger partial charge in [-0.3, -0.25) is 4.79 Å². The Bertz CT molecular complexity index is 642. The summed E-state index contributed by atoms with van der Waals surface area (Å²) in [5.74, 6) is 0.659. The van der Waals surface area contributed by atoms with Gasteiger partial charge in [0.15, 0.2) is 6.61 Å². The summed E-state index contributed by atoms with van der Waals surface area (Å²) in [7, 11) is 1.79. The number of benzene rings is 2. The number of likely N-dealkylation sites (N-methyl/N-ethyl adjacent to an activating group) is 1. The Balaban J connectivity index is 2.18. The molecule has 0 spiro atoms. The third kappa shape index (κ3) is 2.25. The molecule has 2 aromatic rings. The molecular formula is C16H14ClNO2. The van der Waals surface area contributed by atoms with Gasteiger partial charge in [0.25, 0.3) is 5.91 Å². The van der Waals surface area contributed by atoms with Crippen molar-refractivity contribution in [1.29, 1.82) is 0 Å². The van der Waals surface area contributed by atoms with Gasteiger partial charge in [-0.25, -0.2) is 0 Å². The van der Waals surface area contributed by atoms with Crippen LogP contribution in [0.3, 0.4) is 0 Å². The maximum atomic E-state index is 12.1. The number of carbonyl (C=O) groups excluding carboxylic acids is 1. The van der Waals surface area contributed by atoms with Crippen LogP contribution < -0.4 is 4.74 Å². The van der Waals surface area contributed by atoms with Crippen molar-refractivity contribution in [2.75, 3.05) is 13.7 Å². The van der Waals surface area contributed by atoms with E-state index >= 15 is 0 Å². The summed E-state index contributed by atoms with van der Waals surface area (Å²) in [5.41, 5.74) is 1.95. The predicted molar refractivity (Wildman–Crippen MR) is 78.0 cm³/mol. The highest BCUT2D eigenvalue weighted by molar-refractivity contribution is 6.30. The minimum atomic E-state index is -0.181. The van der Waals surface area contributed by atoms with Crippen LogP contribution in [0.25, 0.3) is 0 Å². The average molecular weight is 288 g/mol. The molecule has 0 N–H and O–H groups in total. The molecule has 102 valence electrons. The van der Waals surface area contributed by atoms with E-state index in [1.165, 1.54) is 0 Å². The Morgan fingerprint density at radius 2 is 1.95 bits per heavy atom. The molecular weight excluding hydrogens is 274 g/mol. The highest BCUT2D eigenvalue weighted by atomic mass is 35.5. The second-order valence-corrected chi connectivity index (χ2v) is 5.23. The van der Waals surface area contributed by atoms with E-state index in [0.29, 0.717) is 10.8 Å². The third-order valence-electron chi connectivity index (χ3n) is 3.51. The summed E-state index contributed by atoms with van der Waals surface area (Å²) in [4.78, 5) is 13.8. The van der Waals surface area contributed by atoms with E-state index in [1.807, 2.05) is 42.5 Å². The van der Waals surface area contributed by atoms with Gasteiger partial charge in [0.05, 0.1) is 6.04 Å². The molecule has 1 amide bonds. The number of hydrogen-bond donors (Lipinski definition) is 0. The molecule has 2 aromatic carbocycles. The zero-order valence-electron chi connectivity index (χ0n) is 11.0. The van der Waals surface area contributed by atoms with E-state index in [2.05, 4.69) is 0 Å². The Kier molecular flexibility index (Phi) is 3.36. The first-order valence-electron chi connectivity index (χ1n) is 6.39. The molecule has 0 aromatic heterocycles. The van der Waals surface area contributed by atoms with E-state index in [4.69, 9.17) is 16.3 Å². The monoisotopic (exact) mass is 287 g/mol. The largest absolute Gasteiger partial charge is 0.483 e. The van der Waals surface area contributed by atoms with Crippen LogP contribution in [0.5, 0.6) is 5.75 Å². The Hall–Kier alpha value is -2.00. The van der Waals surface area contributed by atoms with E-state index in [0.717, 1.165) is 11.1 Å². The second kappa shape index (κ2) is 5.17. The molecule has 0 saturated carbocycles. The van der Waals surface area contributed by atoms with E-state index in [1.54, 1.807) is 18.0 Å². The van der Waals surface area contributed by atoms with Crippen LogP contribution >= 0.6 is 11.6 Å². The van der Waals surface area contributed by atoms with Gasteiger partial charge in [0, 0.05) is 17.6 Å². The van der Waals surface area contributed by atoms with Gasteiger partial charge in [-0.05, 0) is 23.8 Å². The molecule has 3 rings (SSSR count). The smallest absolute Gasteiger partial charge is 0.261 e. The molecule has 20 heavy (non-hydrogen) atoms. The molecule has 1 aliphatic rings. The number of fused-ring (bicyclic) bond motifs is 1. The summed E-state index contributed by atoms with van der Waals surface area (Å²) < 4.78 is 5.59. The molecule has 1 heterocycles. The summed E-state index contributed by atoms with van der Waals surface area (Å²) in [6.45, 7) is 0.0501. The zero-order chi connectivity index (χ0) is 14.1. The first-order chi connectivity index (χ1) is 9.66. The summed E-state index contributed by atoms with van der Waals surface area (Å²) in [6.07, 6.45) is 0. The third-order valence-corrected chi connectivity index (χ3v) is 3.75. The fourth-order valence-corrected chi connectivity index (χ4v) is 2.68. The number of halogens is 1. The van der Waals surface area contributed by atoms with Gasteiger partial charge in [0.2, 0.25) is 0 Å². The van der Waals surface area contributed by atoms with Crippen molar-refractivity contribution in [3.05, 3.63) is 64.7 Å². The van der Waals surface area contributed by atoms with Crippen molar-refractivity contribution in [3.63, 3.8) is 0 Å². The Labute approximate surface area is 122 Å². The van der Waals surface area contributed by atoms with Crippen LogP contribution in [0.15, 0.2) is 48.5 Å². The maximum absolute atomic E-state index is 12.1. The minimum Gasteiger partial charge on any atom is -0.483 e. The van der Waals surface area contributed by atoms with Crippen molar-refractivity contribution in [2.45, 2.75) is 6.04 Å². The molecule has 1 aliphatic heterocycles. The highest BCUT2D eigenvalue weighted by Crippen LogP contribution is 2.37. The van der Waals surface area contributed by atoms with Crippen molar-refractivity contribution in [3.8, 4) is 5.75 Å². The molecule has 1 atom stereocenters. The topological polar surface area (TPSA) is 29.5 Å². The number of nitrogens with zero attached hydrogens (tertiary/aromatic N) is 1. The van der Waals surface area contributed by atoms with Gasteiger partial charge in [-0.1, -0.05) is 41.9 Å². The fourth-order valence-electron chi connectivity index (χ4n) is 2.50. The molecule has 0 saturated heterocycles. The van der Waals surface area contributed by atoms with Crippen LogP contribution in [0.2, 0.25) is 5.02 Å².